The Morgan fingerprint density at radius 1 is 1.40 bits per heavy atom. The Labute approximate surface area is 94.0 Å². The van der Waals surface area contributed by atoms with Crippen LogP contribution in [0.3, 0.4) is 0 Å². The molecular weight excluding hydrogens is 270 g/mol. The number of aromatic nitrogens is 2. The van der Waals surface area contributed by atoms with E-state index in [9.17, 15) is 8.78 Å². The van der Waals surface area contributed by atoms with Gasteiger partial charge in [0.15, 0.2) is 0 Å². The van der Waals surface area contributed by atoms with Crippen LogP contribution in [0.25, 0.3) is 0 Å². The van der Waals surface area contributed by atoms with Gasteiger partial charge in [0.1, 0.15) is 0 Å². The first-order valence-corrected chi connectivity index (χ1v) is 5.33. The van der Waals surface area contributed by atoms with E-state index in [0.717, 1.165) is 4.47 Å². The number of halogens is 3. The minimum absolute atomic E-state index is 0.0766. The summed E-state index contributed by atoms with van der Waals surface area (Å²) in [5.41, 5.74) is 0. The van der Waals surface area contributed by atoms with E-state index in [4.69, 9.17) is 4.74 Å². The van der Waals surface area contributed by atoms with Gasteiger partial charge in [-0.25, -0.2) is 18.7 Å². The molecule has 0 aliphatic heterocycles. The lowest BCUT2D eigenvalue weighted by molar-refractivity contribution is -0.119. The Morgan fingerprint density at radius 3 is 2.53 bits per heavy atom. The van der Waals surface area contributed by atoms with Gasteiger partial charge in [0.05, 0.1) is 11.1 Å². The van der Waals surface area contributed by atoms with Crippen molar-refractivity contribution in [3.63, 3.8) is 0 Å². The summed E-state index contributed by atoms with van der Waals surface area (Å²) >= 11 is 3.19. The van der Waals surface area contributed by atoms with E-state index in [1.807, 2.05) is 0 Å². The summed E-state index contributed by atoms with van der Waals surface area (Å²) in [4.78, 5) is 7.75. The summed E-state index contributed by atoms with van der Waals surface area (Å²) in [7, 11) is 0. The molecule has 15 heavy (non-hydrogen) atoms. The number of hydrogen-bond donors (Lipinski definition) is 0. The average Bonchev–Trinajstić information content (AvgIpc) is 2.14. The van der Waals surface area contributed by atoms with E-state index >= 15 is 0 Å². The van der Waals surface area contributed by atoms with Gasteiger partial charge in [-0.3, -0.25) is 0 Å². The Bertz CT molecular complexity index is 336. The summed E-state index contributed by atoms with van der Waals surface area (Å²) in [5, 5.41) is 0. The molecule has 1 heterocycles. The molecule has 0 spiro atoms. The van der Waals surface area contributed by atoms with Crippen LogP contribution in [0.15, 0.2) is 16.9 Å². The second-order valence-corrected chi connectivity index (χ2v) is 4.54. The maximum Gasteiger partial charge on any atom is 0.316 e. The van der Waals surface area contributed by atoms with Crippen molar-refractivity contribution in [2.45, 2.75) is 18.8 Å². The first kappa shape index (κ1) is 10.7. The molecule has 2 rings (SSSR count). The highest BCUT2D eigenvalue weighted by molar-refractivity contribution is 9.10. The molecule has 1 aromatic rings. The van der Waals surface area contributed by atoms with E-state index in [0.29, 0.717) is 0 Å². The first-order chi connectivity index (χ1) is 7.05. The van der Waals surface area contributed by atoms with Crippen molar-refractivity contribution in [3.05, 3.63) is 16.9 Å². The second kappa shape index (κ2) is 4.00. The molecule has 0 unspecified atom stereocenters. The van der Waals surface area contributed by atoms with Crippen LogP contribution < -0.4 is 4.74 Å². The highest BCUT2D eigenvalue weighted by atomic mass is 79.9. The van der Waals surface area contributed by atoms with Gasteiger partial charge in [0.2, 0.25) is 5.92 Å². The summed E-state index contributed by atoms with van der Waals surface area (Å²) in [6.45, 7) is 0.261. The summed E-state index contributed by atoms with van der Waals surface area (Å²) in [6, 6.07) is 0.230. The number of hydrogen-bond acceptors (Lipinski definition) is 3. The van der Waals surface area contributed by atoms with Crippen molar-refractivity contribution in [1.82, 2.24) is 9.97 Å². The highest BCUT2D eigenvalue weighted by Gasteiger charge is 2.45. The Balaban J connectivity index is 1.77. The lowest BCUT2D eigenvalue weighted by Gasteiger charge is -2.34. The van der Waals surface area contributed by atoms with Gasteiger partial charge in [-0.2, -0.15) is 0 Å². The molecular formula is C9H9BrF2N2O. The molecule has 1 saturated carbocycles. The molecule has 6 heteroatoms. The quantitative estimate of drug-likeness (QED) is 0.853. The van der Waals surface area contributed by atoms with Gasteiger partial charge in [-0.1, -0.05) is 0 Å². The van der Waals surface area contributed by atoms with Crippen LogP contribution >= 0.6 is 15.9 Å². The van der Waals surface area contributed by atoms with Crippen molar-refractivity contribution in [2.75, 3.05) is 6.61 Å². The van der Waals surface area contributed by atoms with Gasteiger partial charge >= 0.3 is 6.01 Å². The zero-order valence-electron chi connectivity index (χ0n) is 7.79. The predicted octanol–water partition coefficient (Wildman–Crippen LogP) is 2.66. The molecule has 0 amide bonds. The minimum atomic E-state index is -2.49. The van der Waals surface area contributed by atoms with Crippen LogP contribution in [0.1, 0.15) is 12.8 Å². The third-order valence-corrected chi connectivity index (χ3v) is 2.63. The molecule has 1 aliphatic rings. The molecule has 0 radical (unpaired) electrons. The van der Waals surface area contributed by atoms with E-state index in [1.54, 1.807) is 12.4 Å². The molecule has 82 valence electrons. The fraction of sp³-hybridized carbons (Fsp3) is 0.556. The van der Waals surface area contributed by atoms with Gasteiger partial charge in [-0.15, -0.1) is 0 Å². The number of nitrogens with zero attached hydrogens (tertiary/aromatic N) is 2. The maximum absolute atomic E-state index is 12.5. The third kappa shape index (κ3) is 2.84. The monoisotopic (exact) mass is 278 g/mol. The standard InChI is InChI=1S/C9H9BrF2N2O/c10-7-3-13-8(14-4-7)15-5-6-1-9(11,12)2-6/h3-4,6H,1-2,5H2. The van der Waals surface area contributed by atoms with Crippen LogP contribution in [0.2, 0.25) is 0 Å². The van der Waals surface area contributed by atoms with Crippen LogP contribution in [-0.2, 0) is 0 Å². The lowest BCUT2D eigenvalue weighted by Crippen LogP contribution is -2.38. The number of rotatable bonds is 3. The third-order valence-electron chi connectivity index (χ3n) is 2.22. The van der Waals surface area contributed by atoms with E-state index in [2.05, 4.69) is 25.9 Å². The molecule has 0 bridgehead atoms. The molecule has 1 aliphatic carbocycles. The van der Waals surface area contributed by atoms with Gasteiger partial charge in [0, 0.05) is 31.2 Å². The smallest absolute Gasteiger partial charge is 0.316 e. The fourth-order valence-corrected chi connectivity index (χ4v) is 1.67. The Hall–Kier alpha value is -0.780. The van der Waals surface area contributed by atoms with Crippen LogP contribution in [0.5, 0.6) is 6.01 Å². The van der Waals surface area contributed by atoms with Gasteiger partial charge < -0.3 is 4.74 Å². The molecule has 0 atom stereocenters. The number of ether oxygens (including phenoxy) is 1. The Morgan fingerprint density at radius 2 is 2.00 bits per heavy atom. The molecule has 3 nitrogen and oxygen atoms in total. The van der Waals surface area contributed by atoms with Crippen molar-refractivity contribution in [3.8, 4) is 6.01 Å². The topological polar surface area (TPSA) is 35.0 Å². The molecule has 0 aromatic carbocycles. The predicted molar refractivity (Wildman–Crippen MR) is 52.9 cm³/mol. The molecule has 0 saturated heterocycles. The summed E-state index contributed by atoms with van der Waals surface area (Å²) < 4.78 is 30.9. The highest BCUT2D eigenvalue weighted by Crippen LogP contribution is 2.42. The van der Waals surface area contributed by atoms with Crippen LogP contribution in [0, 0.1) is 5.92 Å². The van der Waals surface area contributed by atoms with Gasteiger partial charge in [-0.05, 0) is 15.9 Å². The van der Waals surface area contributed by atoms with E-state index in [-0.39, 0.29) is 31.4 Å². The van der Waals surface area contributed by atoms with Crippen molar-refractivity contribution in [2.24, 2.45) is 5.92 Å². The average molecular weight is 279 g/mol. The minimum Gasteiger partial charge on any atom is -0.463 e. The van der Waals surface area contributed by atoms with Crippen LogP contribution in [-0.4, -0.2) is 22.5 Å². The zero-order valence-corrected chi connectivity index (χ0v) is 9.38. The van der Waals surface area contributed by atoms with Gasteiger partial charge in [0.25, 0.3) is 0 Å². The van der Waals surface area contributed by atoms with Crippen molar-refractivity contribution >= 4 is 15.9 Å². The van der Waals surface area contributed by atoms with Crippen molar-refractivity contribution < 1.29 is 13.5 Å². The second-order valence-electron chi connectivity index (χ2n) is 3.63. The maximum atomic E-state index is 12.5. The van der Waals surface area contributed by atoms with Crippen molar-refractivity contribution in [1.29, 1.82) is 0 Å². The zero-order chi connectivity index (χ0) is 10.9. The van der Waals surface area contributed by atoms with E-state index in [1.165, 1.54) is 0 Å². The van der Waals surface area contributed by atoms with Crippen LogP contribution in [0.4, 0.5) is 8.78 Å². The summed E-state index contributed by atoms with van der Waals surface area (Å²) in [5.74, 6) is -2.57. The van der Waals surface area contributed by atoms with E-state index < -0.39 is 5.92 Å². The molecule has 0 N–H and O–H groups in total. The summed E-state index contributed by atoms with van der Waals surface area (Å²) in [6.07, 6.45) is 2.92. The first-order valence-electron chi connectivity index (χ1n) is 4.53. The normalized spacial score (nSPS) is 19.7. The lowest BCUT2D eigenvalue weighted by atomic mass is 9.82. The molecule has 1 fully saturated rings. The number of alkyl halides is 2. The Kier molecular flexibility index (Phi) is 2.86. The largest absolute Gasteiger partial charge is 0.463 e. The SMILES string of the molecule is FC1(F)CC(COc2ncc(Br)cn2)C1. The fourth-order valence-electron chi connectivity index (χ4n) is 1.47. The molecule has 1 aromatic heterocycles.